The largest absolute Gasteiger partial charge is 0.367 e. The normalized spacial score (nSPS) is 18.5. The van der Waals surface area contributed by atoms with Gasteiger partial charge in [-0.3, -0.25) is 9.69 Å². The number of rotatable bonds is 6. The molecule has 0 amide bonds. The molecule has 1 aliphatic heterocycles. The van der Waals surface area contributed by atoms with Crippen LogP contribution in [0, 0.1) is 6.92 Å². The third-order valence-corrected chi connectivity index (χ3v) is 4.45. The molecule has 128 valence electrons. The zero-order valence-corrected chi connectivity index (χ0v) is 14.1. The highest BCUT2D eigenvalue weighted by Crippen LogP contribution is 2.17. The van der Waals surface area contributed by atoms with Crippen molar-refractivity contribution in [2.24, 2.45) is 0 Å². The maximum absolute atomic E-state index is 11.8. The summed E-state index contributed by atoms with van der Waals surface area (Å²) in [5, 5.41) is 15.7. The van der Waals surface area contributed by atoms with Crippen LogP contribution in [0.15, 0.2) is 35.3 Å². The second-order valence-corrected chi connectivity index (χ2v) is 6.21. The molecule has 1 aliphatic rings. The molecule has 7 heteroatoms. The molecule has 2 aromatic rings. The lowest BCUT2D eigenvalue weighted by Crippen LogP contribution is -2.45. The van der Waals surface area contributed by atoms with Gasteiger partial charge in [0, 0.05) is 31.4 Å². The Morgan fingerprint density at radius 3 is 2.92 bits per heavy atom. The summed E-state index contributed by atoms with van der Waals surface area (Å²) in [4.78, 5) is 14.2. The van der Waals surface area contributed by atoms with Crippen molar-refractivity contribution >= 4 is 5.82 Å². The molecule has 0 bridgehead atoms. The summed E-state index contributed by atoms with van der Waals surface area (Å²) in [7, 11) is 0. The van der Waals surface area contributed by atoms with E-state index in [1.165, 1.54) is 17.5 Å². The van der Waals surface area contributed by atoms with Crippen molar-refractivity contribution in [2.75, 3.05) is 25.0 Å². The lowest BCUT2D eigenvalue weighted by molar-refractivity contribution is 0.148. The van der Waals surface area contributed by atoms with E-state index in [1.54, 1.807) is 18.3 Å². The number of piperidine rings is 1. The molecule has 0 aliphatic carbocycles. The standard InChI is InChI=1S/C17H24N6O/c1-14-7-8-16(21-20-14)18-13-15-5-2-3-10-22(15)11-12-23-17(24)6-4-9-19-23/h4,6-9,15H,2-3,5,10-13H2,1H3,(H,18,21). The molecule has 1 fully saturated rings. The first-order chi connectivity index (χ1) is 11.7. The predicted octanol–water partition coefficient (Wildman–Crippen LogP) is 1.31. The number of nitrogens with zero attached hydrogens (tertiary/aromatic N) is 5. The summed E-state index contributed by atoms with van der Waals surface area (Å²) in [6, 6.07) is 7.60. The minimum Gasteiger partial charge on any atom is -0.367 e. The van der Waals surface area contributed by atoms with Gasteiger partial charge >= 0.3 is 0 Å². The highest BCUT2D eigenvalue weighted by Gasteiger charge is 2.22. The Morgan fingerprint density at radius 2 is 2.12 bits per heavy atom. The lowest BCUT2D eigenvalue weighted by atomic mass is 10.0. The molecule has 2 aromatic heterocycles. The summed E-state index contributed by atoms with van der Waals surface area (Å²) < 4.78 is 1.53. The van der Waals surface area contributed by atoms with Crippen LogP contribution in [-0.2, 0) is 6.54 Å². The Hall–Kier alpha value is -2.28. The molecule has 3 rings (SSSR count). The van der Waals surface area contributed by atoms with E-state index in [4.69, 9.17) is 0 Å². The SMILES string of the molecule is Cc1ccc(NCC2CCCCN2CCn2ncccc2=O)nn1. The van der Waals surface area contributed by atoms with Gasteiger partial charge in [-0.15, -0.1) is 5.10 Å². The van der Waals surface area contributed by atoms with Gasteiger partial charge in [0.2, 0.25) is 0 Å². The fraction of sp³-hybridized carbons (Fsp3) is 0.529. The van der Waals surface area contributed by atoms with Gasteiger partial charge in [0.15, 0.2) is 0 Å². The van der Waals surface area contributed by atoms with Crippen molar-refractivity contribution in [2.45, 2.75) is 38.8 Å². The number of anilines is 1. The van der Waals surface area contributed by atoms with Crippen LogP contribution in [-0.4, -0.2) is 50.6 Å². The fourth-order valence-electron chi connectivity index (χ4n) is 3.08. The van der Waals surface area contributed by atoms with Crippen molar-refractivity contribution in [3.05, 3.63) is 46.5 Å². The van der Waals surface area contributed by atoms with Crippen molar-refractivity contribution < 1.29 is 0 Å². The van der Waals surface area contributed by atoms with Crippen LogP contribution in [0.1, 0.15) is 25.0 Å². The Labute approximate surface area is 141 Å². The van der Waals surface area contributed by atoms with Gasteiger partial charge in [-0.05, 0) is 44.5 Å². The van der Waals surface area contributed by atoms with Crippen LogP contribution in [0.5, 0.6) is 0 Å². The van der Waals surface area contributed by atoms with E-state index in [2.05, 4.69) is 25.5 Å². The molecule has 0 radical (unpaired) electrons. The van der Waals surface area contributed by atoms with Crippen molar-refractivity contribution in [3.63, 3.8) is 0 Å². The zero-order chi connectivity index (χ0) is 16.8. The molecule has 3 heterocycles. The zero-order valence-electron chi connectivity index (χ0n) is 14.1. The quantitative estimate of drug-likeness (QED) is 0.862. The van der Waals surface area contributed by atoms with Crippen LogP contribution < -0.4 is 10.9 Å². The van der Waals surface area contributed by atoms with Gasteiger partial charge < -0.3 is 5.32 Å². The number of nitrogens with one attached hydrogen (secondary N) is 1. The second kappa shape index (κ2) is 8.01. The van der Waals surface area contributed by atoms with E-state index in [1.807, 2.05) is 19.1 Å². The first kappa shape index (κ1) is 16.6. The molecule has 0 saturated carbocycles. The van der Waals surface area contributed by atoms with Gasteiger partial charge in [-0.2, -0.15) is 10.2 Å². The van der Waals surface area contributed by atoms with Gasteiger partial charge in [-0.25, -0.2) is 4.68 Å². The average Bonchev–Trinajstić information content (AvgIpc) is 2.61. The van der Waals surface area contributed by atoms with Gasteiger partial charge in [0.25, 0.3) is 5.56 Å². The van der Waals surface area contributed by atoms with E-state index in [-0.39, 0.29) is 5.56 Å². The summed E-state index contributed by atoms with van der Waals surface area (Å²) >= 11 is 0. The van der Waals surface area contributed by atoms with E-state index in [9.17, 15) is 4.79 Å². The summed E-state index contributed by atoms with van der Waals surface area (Å²) in [5.74, 6) is 0.812. The van der Waals surface area contributed by atoms with Gasteiger partial charge in [0.05, 0.1) is 12.2 Å². The number of aryl methyl sites for hydroxylation is 1. The van der Waals surface area contributed by atoms with Crippen molar-refractivity contribution in [1.29, 1.82) is 0 Å². The van der Waals surface area contributed by atoms with Crippen molar-refractivity contribution in [3.8, 4) is 0 Å². The molecule has 7 nitrogen and oxygen atoms in total. The molecular formula is C17H24N6O. The van der Waals surface area contributed by atoms with Gasteiger partial charge in [-0.1, -0.05) is 6.42 Å². The first-order valence-electron chi connectivity index (χ1n) is 8.53. The number of likely N-dealkylation sites (tertiary alicyclic amines) is 1. The Kier molecular flexibility index (Phi) is 5.53. The van der Waals surface area contributed by atoms with E-state index >= 15 is 0 Å². The molecule has 24 heavy (non-hydrogen) atoms. The second-order valence-electron chi connectivity index (χ2n) is 6.21. The van der Waals surface area contributed by atoms with Crippen LogP contribution in [0.25, 0.3) is 0 Å². The first-order valence-corrected chi connectivity index (χ1v) is 8.53. The lowest BCUT2D eigenvalue weighted by Gasteiger charge is -2.35. The third kappa shape index (κ3) is 4.38. The maximum atomic E-state index is 11.8. The smallest absolute Gasteiger partial charge is 0.266 e. The molecule has 0 spiro atoms. The average molecular weight is 328 g/mol. The van der Waals surface area contributed by atoms with Crippen molar-refractivity contribution in [1.82, 2.24) is 24.9 Å². The van der Waals surface area contributed by atoms with Crippen LogP contribution in [0.2, 0.25) is 0 Å². The Balaban J connectivity index is 1.56. The van der Waals surface area contributed by atoms with Crippen LogP contribution >= 0.6 is 0 Å². The van der Waals surface area contributed by atoms with Crippen LogP contribution in [0.3, 0.4) is 0 Å². The summed E-state index contributed by atoms with van der Waals surface area (Å²) in [6.45, 7) is 5.30. The Morgan fingerprint density at radius 1 is 1.21 bits per heavy atom. The Bertz CT molecular complexity index is 699. The van der Waals surface area contributed by atoms with E-state index in [0.29, 0.717) is 12.6 Å². The highest BCUT2D eigenvalue weighted by molar-refractivity contribution is 5.32. The molecule has 1 N–H and O–H groups in total. The topological polar surface area (TPSA) is 75.9 Å². The summed E-state index contributed by atoms with van der Waals surface area (Å²) in [5.41, 5.74) is 0.875. The number of aromatic nitrogens is 4. The monoisotopic (exact) mass is 328 g/mol. The molecular weight excluding hydrogens is 304 g/mol. The van der Waals surface area contributed by atoms with Gasteiger partial charge in [0.1, 0.15) is 5.82 Å². The molecule has 0 aromatic carbocycles. The maximum Gasteiger partial charge on any atom is 0.266 e. The fourth-order valence-corrected chi connectivity index (χ4v) is 3.08. The molecule has 1 atom stereocenters. The van der Waals surface area contributed by atoms with E-state index in [0.717, 1.165) is 37.6 Å². The highest BCUT2D eigenvalue weighted by atomic mass is 16.1. The number of hydrogen-bond acceptors (Lipinski definition) is 6. The number of hydrogen-bond donors (Lipinski definition) is 1. The minimum absolute atomic E-state index is 0.0425. The van der Waals surface area contributed by atoms with Crippen LogP contribution in [0.4, 0.5) is 5.82 Å². The summed E-state index contributed by atoms with van der Waals surface area (Å²) in [6.07, 6.45) is 5.26. The third-order valence-electron chi connectivity index (χ3n) is 4.45. The predicted molar refractivity (Wildman–Crippen MR) is 93.0 cm³/mol. The molecule has 1 unspecified atom stereocenters. The molecule has 1 saturated heterocycles. The van der Waals surface area contributed by atoms with E-state index < -0.39 is 0 Å². The minimum atomic E-state index is -0.0425.